The van der Waals surface area contributed by atoms with Crippen LogP contribution in [0.1, 0.15) is 5.56 Å². The molecule has 23 heavy (non-hydrogen) atoms. The Morgan fingerprint density at radius 1 is 1.17 bits per heavy atom. The minimum atomic E-state index is -1.05. The van der Waals surface area contributed by atoms with Gasteiger partial charge in [-0.25, -0.2) is 0 Å². The fraction of sp³-hybridized carbons (Fsp3) is 0.133. The van der Waals surface area contributed by atoms with Crippen LogP contribution in [0, 0.1) is 3.57 Å². The summed E-state index contributed by atoms with van der Waals surface area (Å²) in [5, 5.41) is 18.4. The zero-order valence-corrected chi connectivity index (χ0v) is 18.0. The summed E-state index contributed by atoms with van der Waals surface area (Å²) in [5.41, 5.74) is 6.58. The van der Waals surface area contributed by atoms with E-state index in [0.29, 0.717) is 11.5 Å². The largest absolute Gasteiger partial charge is 0.508 e. The molecule has 0 aliphatic heterocycles. The number of hydrogen-bond acceptors (Lipinski definition) is 4. The zero-order chi connectivity index (χ0) is 17.2. The summed E-state index contributed by atoms with van der Waals surface area (Å²) in [7, 11) is 0. The third-order valence-electron chi connectivity index (χ3n) is 3.04. The van der Waals surface area contributed by atoms with Gasteiger partial charge in [0.05, 0.1) is 3.57 Å². The first-order chi connectivity index (χ1) is 10.7. The van der Waals surface area contributed by atoms with Crippen LogP contribution >= 0.6 is 67.8 Å². The number of hydrogen-bond donors (Lipinski definition) is 3. The number of halogens is 3. The average Bonchev–Trinajstić information content (AvgIpc) is 2.50. The Balaban J connectivity index is 2.27. The lowest BCUT2D eigenvalue weighted by molar-refractivity contribution is -0.138. The number of nitrogens with two attached hydrogens (primary N) is 1. The molecule has 0 aromatic heterocycles. The van der Waals surface area contributed by atoms with E-state index in [0.717, 1.165) is 9.13 Å². The average molecular weight is 651 g/mol. The summed E-state index contributed by atoms with van der Waals surface area (Å²) < 4.78 is 5.84. The van der Waals surface area contributed by atoms with Gasteiger partial charge in [-0.3, -0.25) is 4.79 Å². The predicted octanol–water partition coefficient (Wildman–Crippen LogP) is 4.22. The number of phenols is 1. The molecular weight excluding hydrogens is 639 g/mol. The Labute approximate surface area is 174 Å². The Hall–Kier alpha value is -0.340. The maximum Gasteiger partial charge on any atom is 0.323 e. The van der Waals surface area contributed by atoms with Crippen molar-refractivity contribution in [1.82, 2.24) is 0 Å². The third-order valence-corrected chi connectivity index (χ3v) is 6.47. The van der Waals surface area contributed by atoms with Gasteiger partial charge >= 0.3 is 5.97 Å². The van der Waals surface area contributed by atoms with Gasteiger partial charge in [-0.05, 0) is 64.6 Å². The number of ether oxygens (including phenoxy) is 1. The number of aliphatic carboxylic acids is 1. The van der Waals surface area contributed by atoms with Gasteiger partial charge in [-0.1, -0.05) is 51.2 Å². The first-order valence-electron chi connectivity index (χ1n) is 6.35. The number of carboxylic acids is 1. The number of rotatable bonds is 5. The molecule has 0 saturated heterocycles. The Bertz CT molecular complexity index is 719. The molecule has 2 aromatic carbocycles. The quantitative estimate of drug-likeness (QED) is 0.333. The van der Waals surface area contributed by atoms with Crippen LogP contribution in [-0.4, -0.2) is 22.2 Å². The van der Waals surface area contributed by atoms with Gasteiger partial charge in [0.2, 0.25) is 0 Å². The van der Waals surface area contributed by atoms with Crippen molar-refractivity contribution in [3.63, 3.8) is 0 Å². The van der Waals surface area contributed by atoms with Crippen LogP contribution in [0.5, 0.6) is 17.2 Å². The van der Waals surface area contributed by atoms with E-state index in [2.05, 4.69) is 22.6 Å². The summed E-state index contributed by atoms with van der Waals surface area (Å²) in [5.74, 6) is 0.372. The van der Waals surface area contributed by atoms with Crippen LogP contribution in [0.25, 0.3) is 0 Å². The van der Waals surface area contributed by atoms with Crippen molar-refractivity contribution < 1.29 is 19.7 Å². The SMILES string of the molecule is N[C@@H](C(=O)O)C(I)(I)c1ccc(Oc2ccc(O)cc2)c(I)c1. The second-order valence-corrected chi connectivity index (χ2v) is 11.3. The van der Waals surface area contributed by atoms with Gasteiger partial charge in [0.15, 0.2) is 0 Å². The molecule has 0 bridgehead atoms. The molecule has 8 heteroatoms. The van der Waals surface area contributed by atoms with Crippen molar-refractivity contribution in [2.24, 2.45) is 5.73 Å². The monoisotopic (exact) mass is 651 g/mol. The van der Waals surface area contributed by atoms with Gasteiger partial charge in [0.25, 0.3) is 0 Å². The fourth-order valence-electron chi connectivity index (χ4n) is 1.77. The second kappa shape index (κ2) is 7.70. The minimum absolute atomic E-state index is 0.171. The number of alkyl halides is 2. The number of aromatic hydroxyl groups is 1. The zero-order valence-electron chi connectivity index (χ0n) is 11.5. The van der Waals surface area contributed by atoms with Crippen molar-refractivity contribution in [3.05, 3.63) is 51.6 Å². The molecule has 0 heterocycles. The fourth-order valence-corrected chi connectivity index (χ4v) is 3.60. The van der Waals surface area contributed by atoms with E-state index in [-0.39, 0.29) is 5.75 Å². The first kappa shape index (κ1) is 19.0. The highest BCUT2D eigenvalue weighted by Gasteiger charge is 2.38. The van der Waals surface area contributed by atoms with Crippen molar-refractivity contribution in [2.75, 3.05) is 0 Å². The number of phenolic OH excluding ortho intramolecular Hbond substituents is 1. The predicted molar refractivity (Wildman–Crippen MR) is 113 cm³/mol. The molecule has 5 nitrogen and oxygen atoms in total. The lowest BCUT2D eigenvalue weighted by Crippen LogP contribution is -2.42. The molecule has 0 radical (unpaired) electrons. The maximum atomic E-state index is 11.2. The topological polar surface area (TPSA) is 92.8 Å². The summed E-state index contributed by atoms with van der Waals surface area (Å²) in [4.78, 5) is 11.2. The van der Waals surface area contributed by atoms with E-state index in [4.69, 9.17) is 15.6 Å². The van der Waals surface area contributed by atoms with Crippen molar-refractivity contribution in [1.29, 1.82) is 0 Å². The van der Waals surface area contributed by atoms with Crippen LogP contribution in [0.15, 0.2) is 42.5 Å². The molecule has 0 saturated carbocycles. The van der Waals surface area contributed by atoms with Crippen LogP contribution in [-0.2, 0) is 6.22 Å². The third kappa shape index (κ3) is 4.60. The first-order valence-corrected chi connectivity index (χ1v) is 9.58. The lowest BCUT2D eigenvalue weighted by Gasteiger charge is -2.25. The second-order valence-electron chi connectivity index (χ2n) is 4.68. The summed E-state index contributed by atoms with van der Waals surface area (Å²) in [6.07, 6.45) is 0. The standard InChI is InChI=1S/C15H12I3NO4/c16-11-7-8(15(17,18)13(19)14(21)22)1-6-12(11)23-10-4-2-9(20)3-5-10/h1-7,13,20H,19H2,(H,21,22)/t13-/m0/s1. The Morgan fingerprint density at radius 2 is 1.78 bits per heavy atom. The molecule has 0 unspecified atom stereocenters. The minimum Gasteiger partial charge on any atom is -0.508 e. The molecule has 2 rings (SSSR count). The van der Waals surface area contributed by atoms with Gasteiger partial charge in [-0.2, -0.15) is 0 Å². The molecule has 1 atom stereocenters. The van der Waals surface area contributed by atoms with Gasteiger partial charge in [0.1, 0.15) is 24.7 Å². The van der Waals surface area contributed by atoms with Gasteiger partial charge in [-0.15, -0.1) is 0 Å². The van der Waals surface area contributed by atoms with Crippen molar-refractivity contribution >= 4 is 73.7 Å². The summed E-state index contributed by atoms with van der Waals surface area (Å²) >= 11 is 6.23. The summed E-state index contributed by atoms with van der Waals surface area (Å²) in [6.45, 7) is 0. The van der Waals surface area contributed by atoms with Crippen molar-refractivity contribution in [2.45, 2.75) is 7.47 Å². The Kier molecular flexibility index (Phi) is 6.35. The van der Waals surface area contributed by atoms with Crippen LogP contribution in [0.2, 0.25) is 0 Å². The Morgan fingerprint density at radius 3 is 2.30 bits per heavy atom. The highest BCUT2D eigenvalue weighted by molar-refractivity contribution is 14.2. The normalized spacial score (nSPS) is 12.7. The number of carboxylic acid groups (broad SMARTS) is 1. The molecule has 2 aromatic rings. The van der Waals surface area contributed by atoms with E-state index in [1.165, 1.54) is 0 Å². The molecular formula is C15H12I3NO4. The highest BCUT2D eigenvalue weighted by Crippen LogP contribution is 2.43. The number of benzene rings is 2. The van der Waals surface area contributed by atoms with E-state index < -0.39 is 13.4 Å². The molecule has 0 spiro atoms. The molecule has 4 N–H and O–H groups in total. The maximum absolute atomic E-state index is 11.2. The van der Waals surface area contributed by atoms with E-state index in [1.807, 2.05) is 51.2 Å². The van der Waals surface area contributed by atoms with E-state index in [1.54, 1.807) is 36.4 Å². The molecule has 0 aliphatic carbocycles. The van der Waals surface area contributed by atoms with Gasteiger partial charge in [0, 0.05) is 0 Å². The van der Waals surface area contributed by atoms with Crippen LogP contribution < -0.4 is 10.5 Å². The van der Waals surface area contributed by atoms with E-state index >= 15 is 0 Å². The smallest absolute Gasteiger partial charge is 0.323 e. The summed E-state index contributed by atoms with van der Waals surface area (Å²) in [6, 6.07) is 10.8. The van der Waals surface area contributed by atoms with E-state index in [9.17, 15) is 9.90 Å². The number of carbonyl (C=O) groups is 1. The van der Waals surface area contributed by atoms with Crippen LogP contribution in [0.4, 0.5) is 0 Å². The molecule has 0 fully saturated rings. The lowest BCUT2D eigenvalue weighted by atomic mass is 10.1. The van der Waals surface area contributed by atoms with Crippen LogP contribution in [0.3, 0.4) is 0 Å². The van der Waals surface area contributed by atoms with Gasteiger partial charge < -0.3 is 20.7 Å². The van der Waals surface area contributed by atoms with Crippen molar-refractivity contribution in [3.8, 4) is 17.2 Å². The molecule has 122 valence electrons. The molecule has 0 aliphatic rings. The molecule has 0 amide bonds. The highest BCUT2D eigenvalue weighted by atomic mass is 127.